The van der Waals surface area contributed by atoms with E-state index in [1.165, 1.54) is 16.7 Å². The molecule has 1 atom stereocenters. The number of methoxy groups -OCH3 is 1. The molecule has 1 unspecified atom stereocenters. The first-order valence-electron chi connectivity index (χ1n) is 4.86. The fraction of sp³-hybridized carbons (Fsp3) is 0.500. The molecule has 0 spiro atoms. The molecule has 2 nitrogen and oxygen atoms in total. The zero-order valence-corrected chi connectivity index (χ0v) is 9.42. The lowest BCUT2D eigenvalue weighted by molar-refractivity contribution is 0.00956. The number of nitrogens with two attached hydrogens (primary N) is 1. The minimum atomic E-state index is -0.363. The predicted molar refractivity (Wildman–Crippen MR) is 59.3 cm³/mol. The Kier molecular flexibility index (Phi) is 3.29. The summed E-state index contributed by atoms with van der Waals surface area (Å²) in [5, 5.41) is 0. The van der Waals surface area contributed by atoms with Crippen LogP contribution in [0.5, 0.6) is 0 Å². The summed E-state index contributed by atoms with van der Waals surface area (Å²) in [6.45, 7) is 6.69. The fourth-order valence-corrected chi connectivity index (χ4v) is 1.71. The molecule has 0 radical (unpaired) electrons. The van der Waals surface area contributed by atoms with Crippen molar-refractivity contribution in [2.75, 3.05) is 13.7 Å². The molecule has 2 N–H and O–H groups in total. The molecular formula is C12H19NO. The topological polar surface area (TPSA) is 35.2 Å². The van der Waals surface area contributed by atoms with Crippen LogP contribution in [-0.4, -0.2) is 13.7 Å². The summed E-state index contributed by atoms with van der Waals surface area (Å²) in [5.74, 6) is 0. The van der Waals surface area contributed by atoms with Crippen molar-refractivity contribution in [3.63, 3.8) is 0 Å². The zero-order chi connectivity index (χ0) is 10.8. The first kappa shape index (κ1) is 11.2. The summed E-state index contributed by atoms with van der Waals surface area (Å²) in [6, 6.07) is 6.35. The lowest BCUT2D eigenvalue weighted by atomic mass is 9.91. The lowest BCUT2D eigenvalue weighted by Gasteiger charge is -2.28. The summed E-state index contributed by atoms with van der Waals surface area (Å²) < 4.78 is 5.47. The van der Waals surface area contributed by atoms with E-state index >= 15 is 0 Å². The summed E-state index contributed by atoms with van der Waals surface area (Å²) >= 11 is 0. The number of ether oxygens (including phenoxy) is 1. The Labute approximate surface area is 86.1 Å². The molecule has 78 valence electrons. The molecule has 0 amide bonds. The summed E-state index contributed by atoms with van der Waals surface area (Å²) in [5.41, 5.74) is 9.04. The Hall–Kier alpha value is -0.860. The van der Waals surface area contributed by atoms with Gasteiger partial charge in [-0.3, -0.25) is 0 Å². The van der Waals surface area contributed by atoms with Gasteiger partial charge < -0.3 is 10.5 Å². The van der Waals surface area contributed by atoms with Crippen molar-refractivity contribution in [1.82, 2.24) is 0 Å². The Morgan fingerprint density at radius 1 is 1.36 bits per heavy atom. The molecule has 0 aliphatic rings. The number of aryl methyl sites for hydroxylation is 2. The number of benzene rings is 1. The Balaban J connectivity index is 3.17. The average Bonchev–Trinajstić information content (AvgIpc) is 2.17. The second-order valence-electron chi connectivity index (χ2n) is 3.96. The summed E-state index contributed by atoms with van der Waals surface area (Å²) in [4.78, 5) is 0. The highest BCUT2D eigenvalue weighted by atomic mass is 16.5. The van der Waals surface area contributed by atoms with Crippen LogP contribution in [0.3, 0.4) is 0 Å². The van der Waals surface area contributed by atoms with E-state index in [2.05, 4.69) is 32.0 Å². The van der Waals surface area contributed by atoms with Gasteiger partial charge in [-0.05, 0) is 31.9 Å². The minimum absolute atomic E-state index is 0.363. The van der Waals surface area contributed by atoms with Crippen LogP contribution in [0.15, 0.2) is 18.2 Å². The molecule has 1 aromatic rings. The SMILES string of the molecule is COC(C)(CN)c1ccc(C)cc1C. The largest absolute Gasteiger partial charge is 0.372 e. The van der Waals surface area contributed by atoms with Gasteiger partial charge in [-0.1, -0.05) is 23.8 Å². The van der Waals surface area contributed by atoms with Crippen LogP contribution in [0.2, 0.25) is 0 Å². The maximum Gasteiger partial charge on any atom is 0.102 e. The molecule has 1 aromatic carbocycles. The van der Waals surface area contributed by atoms with Crippen LogP contribution in [0, 0.1) is 13.8 Å². The molecule has 0 saturated carbocycles. The molecule has 14 heavy (non-hydrogen) atoms. The first-order valence-corrected chi connectivity index (χ1v) is 4.86. The predicted octanol–water partition coefficient (Wildman–Crippen LogP) is 2.12. The molecular weight excluding hydrogens is 174 g/mol. The van der Waals surface area contributed by atoms with Crippen molar-refractivity contribution in [2.45, 2.75) is 26.4 Å². The van der Waals surface area contributed by atoms with E-state index in [-0.39, 0.29) is 5.60 Å². The molecule has 0 saturated heterocycles. The van der Waals surface area contributed by atoms with Crippen LogP contribution < -0.4 is 5.73 Å². The van der Waals surface area contributed by atoms with E-state index in [9.17, 15) is 0 Å². The number of hydrogen-bond acceptors (Lipinski definition) is 2. The van der Waals surface area contributed by atoms with Crippen molar-refractivity contribution >= 4 is 0 Å². The van der Waals surface area contributed by atoms with Crippen LogP contribution in [0.25, 0.3) is 0 Å². The third-order valence-electron chi connectivity index (χ3n) is 2.79. The van der Waals surface area contributed by atoms with Crippen molar-refractivity contribution in [3.05, 3.63) is 34.9 Å². The first-order chi connectivity index (χ1) is 6.53. The van der Waals surface area contributed by atoms with Gasteiger partial charge in [0.25, 0.3) is 0 Å². The highest BCUT2D eigenvalue weighted by Crippen LogP contribution is 2.26. The van der Waals surface area contributed by atoms with Gasteiger partial charge in [0.1, 0.15) is 5.60 Å². The van der Waals surface area contributed by atoms with E-state index in [0.717, 1.165) is 0 Å². The molecule has 0 heterocycles. The molecule has 1 rings (SSSR count). The van der Waals surface area contributed by atoms with Gasteiger partial charge in [-0.25, -0.2) is 0 Å². The quantitative estimate of drug-likeness (QED) is 0.798. The average molecular weight is 193 g/mol. The maximum absolute atomic E-state index is 5.73. The van der Waals surface area contributed by atoms with E-state index in [4.69, 9.17) is 10.5 Å². The smallest absolute Gasteiger partial charge is 0.102 e. The van der Waals surface area contributed by atoms with Gasteiger partial charge in [0.05, 0.1) is 0 Å². The van der Waals surface area contributed by atoms with Crippen LogP contribution >= 0.6 is 0 Å². The molecule has 0 aliphatic carbocycles. The third kappa shape index (κ3) is 1.97. The van der Waals surface area contributed by atoms with E-state index in [1.807, 2.05) is 6.92 Å². The molecule has 2 heteroatoms. The number of hydrogen-bond donors (Lipinski definition) is 1. The second-order valence-corrected chi connectivity index (χ2v) is 3.96. The molecule has 0 bridgehead atoms. The Bertz CT molecular complexity index is 316. The van der Waals surface area contributed by atoms with Gasteiger partial charge in [0.15, 0.2) is 0 Å². The monoisotopic (exact) mass is 193 g/mol. The van der Waals surface area contributed by atoms with Crippen molar-refractivity contribution < 1.29 is 4.74 Å². The minimum Gasteiger partial charge on any atom is -0.372 e. The highest BCUT2D eigenvalue weighted by Gasteiger charge is 2.25. The van der Waals surface area contributed by atoms with Crippen molar-refractivity contribution in [3.8, 4) is 0 Å². The highest BCUT2D eigenvalue weighted by molar-refractivity contribution is 5.34. The normalized spacial score (nSPS) is 15.2. The Morgan fingerprint density at radius 3 is 2.43 bits per heavy atom. The fourth-order valence-electron chi connectivity index (χ4n) is 1.71. The van der Waals surface area contributed by atoms with E-state index < -0.39 is 0 Å². The van der Waals surface area contributed by atoms with Gasteiger partial charge in [-0.2, -0.15) is 0 Å². The summed E-state index contributed by atoms with van der Waals surface area (Å²) in [6.07, 6.45) is 0. The van der Waals surface area contributed by atoms with Gasteiger partial charge >= 0.3 is 0 Å². The number of rotatable bonds is 3. The lowest BCUT2D eigenvalue weighted by Crippen LogP contribution is -2.34. The van der Waals surface area contributed by atoms with E-state index in [0.29, 0.717) is 6.54 Å². The van der Waals surface area contributed by atoms with Crippen LogP contribution in [0.4, 0.5) is 0 Å². The van der Waals surface area contributed by atoms with Crippen LogP contribution in [-0.2, 0) is 10.3 Å². The maximum atomic E-state index is 5.73. The second kappa shape index (κ2) is 4.11. The van der Waals surface area contributed by atoms with Gasteiger partial charge in [-0.15, -0.1) is 0 Å². The van der Waals surface area contributed by atoms with Crippen LogP contribution in [0.1, 0.15) is 23.6 Å². The van der Waals surface area contributed by atoms with E-state index in [1.54, 1.807) is 7.11 Å². The summed E-state index contributed by atoms with van der Waals surface area (Å²) in [7, 11) is 1.70. The van der Waals surface area contributed by atoms with Gasteiger partial charge in [0, 0.05) is 13.7 Å². The van der Waals surface area contributed by atoms with Crippen molar-refractivity contribution in [1.29, 1.82) is 0 Å². The molecule has 0 aromatic heterocycles. The third-order valence-corrected chi connectivity index (χ3v) is 2.79. The zero-order valence-electron chi connectivity index (χ0n) is 9.42. The standard InChI is InChI=1S/C12H19NO/c1-9-5-6-11(10(2)7-9)12(3,8-13)14-4/h5-7H,8,13H2,1-4H3. The molecule has 0 aliphatic heterocycles. The van der Waals surface area contributed by atoms with Crippen molar-refractivity contribution in [2.24, 2.45) is 5.73 Å². The van der Waals surface area contributed by atoms with Gasteiger partial charge in [0.2, 0.25) is 0 Å². The molecule has 0 fully saturated rings. The Morgan fingerprint density at radius 2 is 2.00 bits per heavy atom.